The highest BCUT2D eigenvalue weighted by Crippen LogP contribution is 2.35. The van der Waals surface area contributed by atoms with Crippen LogP contribution in [0.1, 0.15) is 46.4 Å². The van der Waals surface area contributed by atoms with Crippen molar-refractivity contribution < 1.29 is 14.7 Å². The molecule has 0 amide bonds. The summed E-state index contributed by atoms with van der Waals surface area (Å²) in [5.41, 5.74) is 2.51. The third kappa shape index (κ3) is 2.37. The third-order valence-corrected chi connectivity index (χ3v) is 4.17. The number of carboxylic acid groups (broad SMARTS) is 1. The molecule has 0 aliphatic carbocycles. The maximum Gasteiger partial charge on any atom is 0.312 e. The number of carboxylic acids is 1. The van der Waals surface area contributed by atoms with E-state index in [1.54, 1.807) is 12.3 Å². The molecule has 0 radical (unpaired) electrons. The number of nitrogens with zero attached hydrogens (tertiary/aromatic N) is 1. The van der Waals surface area contributed by atoms with Crippen LogP contribution in [0, 0.1) is 6.92 Å². The largest absolute Gasteiger partial charge is 0.481 e. The van der Waals surface area contributed by atoms with Gasteiger partial charge in [-0.3, -0.25) is 9.59 Å². The number of fused-ring (bicyclic) bond motifs is 1. The molecule has 0 fully saturated rings. The van der Waals surface area contributed by atoms with E-state index in [0.29, 0.717) is 18.4 Å². The van der Waals surface area contributed by atoms with E-state index in [1.807, 2.05) is 41.8 Å². The Kier molecular flexibility index (Phi) is 3.37. The number of aliphatic carboxylic acids is 1. The lowest BCUT2D eigenvalue weighted by Crippen LogP contribution is -2.29. The Balaban J connectivity index is 1.94. The molecule has 0 bridgehead atoms. The van der Waals surface area contributed by atoms with Crippen LogP contribution in [0.25, 0.3) is 0 Å². The van der Waals surface area contributed by atoms with E-state index < -0.39 is 11.9 Å². The number of aryl methyl sites for hydroxylation is 1. The zero-order valence-corrected chi connectivity index (χ0v) is 11.8. The minimum Gasteiger partial charge on any atom is -0.481 e. The number of carbonyl (C=O) groups excluding carboxylic acids is 1. The molecule has 1 aromatic heterocycles. The summed E-state index contributed by atoms with van der Waals surface area (Å²) in [4.78, 5) is 24.0. The first kappa shape index (κ1) is 13.6. The van der Waals surface area contributed by atoms with E-state index in [4.69, 9.17) is 0 Å². The fourth-order valence-electron chi connectivity index (χ4n) is 3.02. The SMILES string of the molecule is Cc1ccc(C(=O)C2CCC(C(=O)O)c3cccn32)cc1. The summed E-state index contributed by atoms with van der Waals surface area (Å²) in [7, 11) is 0. The van der Waals surface area contributed by atoms with Crippen LogP contribution in [0.5, 0.6) is 0 Å². The first-order chi connectivity index (χ1) is 10.1. The topological polar surface area (TPSA) is 59.3 Å². The standard InChI is InChI=1S/C17H17NO3/c1-11-4-6-12(7-5-11)16(19)15-9-8-13(17(20)21)14-3-2-10-18(14)15/h2-7,10,13,15H,8-9H2,1H3,(H,20,21). The second-order valence-corrected chi connectivity index (χ2v) is 5.55. The van der Waals surface area contributed by atoms with Gasteiger partial charge in [0.25, 0.3) is 0 Å². The number of benzene rings is 1. The summed E-state index contributed by atoms with van der Waals surface area (Å²) >= 11 is 0. The molecule has 2 heterocycles. The fourth-order valence-corrected chi connectivity index (χ4v) is 3.02. The van der Waals surface area contributed by atoms with Crippen molar-refractivity contribution in [1.29, 1.82) is 0 Å². The van der Waals surface area contributed by atoms with Crippen molar-refractivity contribution in [2.24, 2.45) is 0 Å². The van der Waals surface area contributed by atoms with E-state index in [-0.39, 0.29) is 11.8 Å². The summed E-state index contributed by atoms with van der Waals surface area (Å²) in [5, 5.41) is 9.28. The van der Waals surface area contributed by atoms with Crippen LogP contribution in [-0.2, 0) is 4.79 Å². The highest BCUT2D eigenvalue weighted by molar-refractivity contribution is 5.99. The van der Waals surface area contributed by atoms with Crippen LogP contribution in [-0.4, -0.2) is 21.4 Å². The van der Waals surface area contributed by atoms with E-state index in [9.17, 15) is 14.7 Å². The maximum absolute atomic E-state index is 12.7. The predicted octanol–water partition coefficient (Wildman–Crippen LogP) is 3.18. The van der Waals surface area contributed by atoms with E-state index in [2.05, 4.69) is 0 Å². The Hall–Kier alpha value is -2.36. The maximum atomic E-state index is 12.7. The van der Waals surface area contributed by atoms with Gasteiger partial charge in [-0.25, -0.2) is 0 Å². The van der Waals surface area contributed by atoms with Gasteiger partial charge in [-0.15, -0.1) is 0 Å². The lowest BCUT2D eigenvalue weighted by molar-refractivity contribution is -0.139. The summed E-state index contributed by atoms with van der Waals surface area (Å²) < 4.78 is 1.82. The van der Waals surface area contributed by atoms with Crippen molar-refractivity contribution in [3.8, 4) is 0 Å². The molecule has 2 atom stereocenters. The Morgan fingerprint density at radius 2 is 1.86 bits per heavy atom. The lowest BCUT2D eigenvalue weighted by atomic mass is 9.88. The summed E-state index contributed by atoms with van der Waals surface area (Å²) in [5.74, 6) is -1.28. The molecule has 1 aliphatic heterocycles. The minimum atomic E-state index is -0.823. The molecule has 0 saturated carbocycles. The number of rotatable bonds is 3. The fraction of sp³-hybridized carbons (Fsp3) is 0.294. The molecule has 3 rings (SSSR count). The van der Waals surface area contributed by atoms with Gasteiger partial charge in [-0.05, 0) is 31.9 Å². The molecule has 108 valence electrons. The molecule has 1 aromatic carbocycles. The number of hydrogen-bond acceptors (Lipinski definition) is 2. The predicted molar refractivity (Wildman–Crippen MR) is 78.6 cm³/mol. The molecule has 1 N–H and O–H groups in total. The minimum absolute atomic E-state index is 0.0521. The summed E-state index contributed by atoms with van der Waals surface area (Å²) in [6, 6.07) is 10.8. The van der Waals surface area contributed by atoms with Crippen LogP contribution < -0.4 is 0 Å². The molecule has 0 spiro atoms. The van der Waals surface area contributed by atoms with Gasteiger partial charge in [-0.1, -0.05) is 29.8 Å². The highest BCUT2D eigenvalue weighted by atomic mass is 16.4. The van der Waals surface area contributed by atoms with Gasteiger partial charge in [0.2, 0.25) is 0 Å². The number of carbonyl (C=O) groups is 2. The van der Waals surface area contributed by atoms with Gasteiger partial charge in [-0.2, -0.15) is 0 Å². The Morgan fingerprint density at radius 3 is 2.52 bits per heavy atom. The van der Waals surface area contributed by atoms with Gasteiger partial charge in [0.1, 0.15) is 0 Å². The highest BCUT2D eigenvalue weighted by Gasteiger charge is 2.34. The van der Waals surface area contributed by atoms with Gasteiger partial charge in [0.05, 0.1) is 12.0 Å². The van der Waals surface area contributed by atoms with E-state index in [1.165, 1.54) is 0 Å². The molecule has 2 unspecified atom stereocenters. The third-order valence-electron chi connectivity index (χ3n) is 4.17. The quantitative estimate of drug-likeness (QED) is 0.880. The molecule has 4 heteroatoms. The molecule has 0 saturated heterocycles. The zero-order valence-electron chi connectivity index (χ0n) is 11.8. The van der Waals surface area contributed by atoms with Crippen molar-refractivity contribution in [2.45, 2.75) is 31.7 Å². The van der Waals surface area contributed by atoms with Gasteiger partial charge < -0.3 is 9.67 Å². The first-order valence-corrected chi connectivity index (χ1v) is 7.08. The van der Waals surface area contributed by atoms with Crippen molar-refractivity contribution in [3.05, 3.63) is 59.4 Å². The van der Waals surface area contributed by atoms with Gasteiger partial charge in [0.15, 0.2) is 5.78 Å². The first-order valence-electron chi connectivity index (χ1n) is 7.08. The molecule has 21 heavy (non-hydrogen) atoms. The van der Waals surface area contributed by atoms with Crippen molar-refractivity contribution in [3.63, 3.8) is 0 Å². The summed E-state index contributed by atoms with van der Waals surface area (Å²) in [6.07, 6.45) is 2.87. The number of aromatic nitrogens is 1. The Labute approximate surface area is 123 Å². The van der Waals surface area contributed by atoms with Gasteiger partial charge in [0, 0.05) is 17.5 Å². The van der Waals surface area contributed by atoms with Crippen molar-refractivity contribution in [1.82, 2.24) is 4.57 Å². The van der Waals surface area contributed by atoms with Crippen LogP contribution in [0.15, 0.2) is 42.6 Å². The number of hydrogen-bond donors (Lipinski definition) is 1. The normalized spacial score (nSPS) is 20.8. The Morgan fingerprint density at radius 1 is 1.14 bits per heavy atom. The van der Waals surface area contributed by atoms with E-state index in [0.717, 1.165) is 11.3 Å². The number of ketones is 1. The average molecular weight is 283 g/mol. The molecular weight excluding hydrogens is 266 g/mol. The summed E-state index contributed by atoms with van der Waals surface area (Å²) in [6.45, 7) is 1.98. The average Bonchev–Trinajstić information content (AvgIpc) is 2.95. The second kappa shape index (κ2) is 5.20. The zero-order chi connectivity index (χ0) is 15.0. The van der Waals surface area contributed by atoms with Crippen LogP contribution in [0.2, 0.25) is 0 Å². The molecule has 1 aliphatic rings. The molecule has 2 aromatic rings. The number of Topliss-reactive ketones (excluding diaryl/α,β-unsaturated/α-hetero) is 1. The van der Waals surface area contributed by atoms with Crippen molar-refractivity contribution >= 4 is 11.8 Å². The molecular formula is C17H17NO3. The van der Waals surface area contributed by atoms with Crippen LogP contribution in [0.3, 0.4) is 0 Å². The molecule has 4 nitrogen and oxygen atoms in total. The lowest BCUT2D eigenvalue weighted by Gasteiger charge is -2.29. The Bertz CT molecular complexity index is 684. The van der Waals surface area contributed by atoms with Crippen LogP contribution >= 0.6 is 0 Å². The smallest absolute Gasteiger partial charge is 0.312 e. The van der Waals surface area contributed by atoms with Gasteiger partial charge >= 0.3 is 5.97 Å². The second-order valence-electron chi connectivity index (χ2n) is 5.55. The van der Waals surface area contributed by atoms with E-state index >= 15 is 0 Å². The monoisotopic (exact) mass is 283 g/mol. The van der Waals surface area contributed by atoms with Crippen molar-refractivity contribution in [2.75, 3.05) is 0 Å². The van der Waals surface area contributed by atoms with Crippen LogP contribution in [0.4, 0.5) is 0 Å².